The molecule has 120 valence electrons. The number of ether oxygens (including phenoxy) is 1. The Morgan fingerprint density at radius 2 is 1.91 bits per heavy atom. The molecule has 1 aliphatic carbocycles. The Morgan fingerprint density at radius 1 is 1.09 bits per heavy atom. The smallest absolute Gasteiger partial charge is 0.230 e. The van der Waals surface area contributed by atoms with Crippen LogP contribution >= 0.6 is 11.8 Å². The summed E-state index contributed by atoms with van der Waals surface area (Å²) in [6, 6.07) is 16.2. The van der Waals surface area contributed by atoms with Gasteiger partial charge in [-0.2, -0.15) is 0 Å². The molecule has 0 fully saturated rings. The number of fused-ring (bicyclic) bond motifs is 1. The van der Waals surface area contributed by atoms with E-state index in [1.165, 1.54) is 35.3 Å². The van der Waals surface area contributed by atoms with Crippen LogP contribution in [0, 0.1) is 0 Å². The van der Waals surface area contributed by atoms with E-state index in [4.69, 9.17) is 4.74 Å². The second-order valence-corrected chi connectivity index (χ2v) is 6.63. The van der Waals surface area contributed by atoms with Gasteiger partial charge in [0.2, 0.25) is 5.91 Å². The average molecular weight is 327 g/mol. The van der Waals surface area contributed by atoms with Crippen LogP contribution in [0.4, 0.5) is 0 Å². The van der Waals surface area contributed by atoms with Gasteiger partial charge in [0.15, 0.2) is 0 Å². The summed E-state index contributed by atoms with van der Waals surface area (Å²) in [5.41, 5.74) is 2.92. The fourth-order valence-electron chi connectivity index (χ4n) is 2.71. The van der Waals surface area contributed by atoms with Crippen molar-refractivity contribution in [1.29, 1.82) is 0 Å². The molecule has 1 aliphatic rings. The van der Waals surface area contributed by atoms with Crippen molar-refractivity contribution in [3.8, 4) is 5.75 Å². The van der Waals surface area contributed by atoms with Gasteiger partial charge in [0.25, 0.3) is 0 Å². The number of rotatable bonds is 7. The van der Waals surface area contributed by atoms with E-state index in [1.54, 1.807) is 11.8 Å². The van der Waals surface area contributed by atoms with Crippen molar-refractivity contribution in [3.05, 3.63) is 59.7 Å². The Balaban J connectivity index is 1.35. The average Bonchev–Trinajstić information content (AvgIpc) is 3.05. The third kappa shape index (κ3) is 4.76. The lowest BCUT2D eigenvalue weighted by atomic mass is 10.1. The van der Waals surface area contributed by atoms with E-state index in [2.05, 4.69) is 23.5 Å². The molecular weight excluding hydrogens is 306 g/mol. The second-order valence-electron chi connectivity index (χ2n) is 5.58. The summed E-state index contributed by atoms with van der Waals surface area (Å²) in [6.45, 7) is 1.01. The van der Waals surface area contributed by atoms with Crippen LogP contribution in [0.2, 0.25) is 0 Å². The van der Waals surface area contributed by atoms with Gasteiger partial charge in [-0.3, -0.25) is 4.79 Å². The minimum Gasteiger partial charge on any atom is -0.492 e. The first-order chi connectivity index (χ1) is 11.3. The normalized spacial score (nSPS) is 12.7. The standard InChI is InChI=1S/C19H21NO2S/c21-19(20-11-12-22-17-7-2-1-3-8-17)14-23-18-10-9-15-5-4-6-16(15)13-18/h1-3,7-10,13H,4-6,11-12,14H2,(H,20,21). The van der Waals surface area contributed by atoms with Crippen molar-refractivity contribution in [3.63, 3.8) is 0 Å². The lowest BCUT2D eigenvalue weighted by Gasteiger charge is -2.08. The number of benzene rings is 2. The van der Waals surface area contributed by atoms with E-state index in [-0.39, 0.29) is 5.91 Å². The van der Waals surface area contributed by atoms with Gasteiger partial charge >= 0.3 is 0 Å². The van der Waals surface area contributed by atoms with Crippen molar-refractivity contribution in [2.75, 3.05) is 18.9 Å². The van der Waals surface area contributed by atoms with E-state index in [0.717, 1.165) is 5.75 Å². The Labute approximate surface area is 141 Å². The fourth-order valence-corrected chi connectivity index (χ4v) is 3.50. The molecule has 1 amide bonds. The second kappa shape index (κ2) is 8.06. The molecule has 0 bridgehead atoms. The molecule has 3 nitrogen and oxygen atoms in total. The molecule has 0 saturated carbocycles. The van der Waals surface area contributed by atoms with Crippen LogP contribution in [0.5, 0.6) is 5.75 Å². The maximum Gasteiger partial charge on any atom is 0.230 e. The van der Waals surface area contributed by atoms with Crippen molar-refractivity contribution in [2.45, 2.75) is 24.2 Å². The molecule has 0 radical (unpaired) electrons. The molecule has 0 saturated heterocycles. The highest BCUT2D eigenvalue weighted by Gasteiger charge is 2.11. The van der Waals surface area contributed by atoms with Crippen LogP contribution in [-0.2, 0) is 17.6 Å². The first kappa shape index (κ1) is 15.9. The summed E-state index contributed by atoms with van der Waals surface area (Å²) in [4.78, 5) is 13.1. The highest BCUT2D eigenvalue weighted by molar-refractivity contribution is 8.00. The van der Waals surface area contributed by atoms with Crippen LogP contribution in [0.3, 0.4) is 0 Å². The zero-order valence-electron chi connectivity index (χ0n) is 13.1. The van der Waals surface area contributed by atoms with E-state index >= 15 is 0 Å². The third-order valence-electron chi connectivity index (χ3n) is 3.88. The minimum absolute atomic E-state index is 0.0483. The lowest BCUT2D eigenvalue weighted by molar-refractivity contribution is -0.118. The molecule has 0 atom stereocenters. The molecule has 2 aromatic carbocycles. The van der Waals surface area contributed by atoms with Crippen molar-refractivity contribution in [2.24, 2.45) is 0 Å². The van der Waals surface area contributed by atoms with Gasteiger partial charge in [0.1, 0.15) is 12.4 Å². The first-order valence-electron chi connectivity index (χ1n) is 8.00. The number of carbonyl (C=O) groups is 1. The van der Waals surface area contributed by atoms with E-state index in [1.807, 2.05) is 30.3 Å². The molecule has 0 aromatic heterocycles. The minimum atomic E-state index is 0.0483. The third-order valence-corrected chi connectivity index (χ3v) is 4.87. The zero-order chi connectivity index (χ0) is 15.9. The van der Waals surface area contributed by atoms with Gasteiger partial charge < -0.3 is 10.1 Å². The molecular formula is C19H21NO2S. The van der Waals surface area contributed by atoms with Gasteiger partial charge in [-0.15, -0.1) is 11.8 Å². The number of hydrogen-bond donors (Lipinski definition) is 1. The molecule has 1 N–H and O–H groups in total. The van der Waals surface area contributed by atoms with Crippen molar-refractivity contribution >= 4 is 17.7 Å². The largest absolute Gasteiger partial charge is 0.492 e. The first-order valence-corrected chi connectivity index (χ1v) is 8.99. The Bertz CT molecular complexity index is 658. The molecule has 0 unspecified atom stereocenters. The SMILES string of the molecule is O=C(CSc1ccc2c(c1)CCC2)NCCOc1ccccc1. The number of para-hydroxylation sites is 1. The van der Waals surface area contributed by atoms with E-state index in [9.17, 15) is 4.79 Å². The number of thioether (sulfide) groups is 1. The highest BCUT2D eigenvalue weighted by atomic mass is 32.2. The van der Waals surface area contributed by atoms with Gasteiger partial charge in [0, 0.05) is 4.90 Å². The number of nitrogens with one attached hydrogen (secondary N) is 1. The van der Waals surface area contributed by atoms with Crippen molar-refractivity contribution < 1.29 is 9.53 Å². The van der Waals surface area contributed by atoms with Gasteiger partial charge in [0.05, 0.1) is 12.3 Å². The molecule has 0 aliphatic heterocycles. The molecule has 0 spiro atoms. The van der Waals surface area contributed by atoms with Crippen LogP contribution < -0.4 is 10.1 Å². The summed E-state index contributed by atoms with van der Waals surface area (Å²) in [5.74, 6) is 1.32. The highest BCUT2D eigenvalue weighted by Crippen LogP contribution is 2.27. The van der Waals surface area contributed by atoms with E-state index < -0.39 is 0 Å². The van der Waals surface area contributed by atoms with Gasteiger partial charge in [-0.1, -0.05) is 24.3 Å². The summed E-state index contributed by atoms with van der Waals surface area (Å²) >= 11 is 1.60. The number of carbonyl (C=O) groups excluding carboxylic acids is 1. The van der Waals surface area contributed by atoms with Gasteiger partial charge in [-0.05, 0) is 54.7 Å². The van der Waals surface area contributed by atoms with Gasteiger partial charge in [-0.25, -0.2) is 0 Å². The molecule has 2 aromatic rings. The molecule has 4 heteroatoms. The van der Waals surface area contributed by atoms with Crippen LogP contribution in [-0.4, -0.2) is 24.8 Å². The predicted molar refractivity (Wildman–Crippen MR) is 94.1 cm³/mol. The molecule has 0 heterocycles. The quantitative estimate of drug-likeness (QED) is 0.625. The monoisotopic (exact) mass is 327 g/mol. The summed E-state index contributed by atoms with van der Waals surface area (Å²) in [6.07, 6.45) is 3.63. The number of aryl methyl sites for hydroxylation is 2. The predicted octanol–water partition coefficient (Wildman–Crippen LogP) is 3.46. The maximum atomic E-state index is 11.9. The van der Waals surface area contributed by atoms with Crippen LogP contribution in [0.15, 0.2) is 53.4 Å². The Kier molecular flexibility index (Phi) is 5.59. The number of amides is 1. The summed E-state index contributed by atoms with van der Waals surface area (Å²) in [7, 11) is 0. The fraction of sp³-hybridized carbons (Fsp3) is 0.316. The summed E-state index contributed by atoms with van der Waals surface area (Å²) in [5, 5.41) is 2.89. The number of hydrogen-bond acceptors (Lipinski definition) is 3. The Morgan fingerprint density at radius 3 is 2.78 bits per heavy atom. The van der Waals surface area contributed by atoms with Crippen LogP contribution in [0.25, 0.3) is 0 Å². The van der Waals surface area contributed by atoms with E-state index in [0.29, 0.717) is 18.9 Å². The lowest BCUT2D eigenvalue weighted by Crippen LogP contribution is -2.29. The van der Waals surface area contributed by atoms with Crippen LogP contribution in [0.1, 0.15) is 17.5 Å². The molecule has 23 heavy (non-hydrogen) atoms. The zero-order valence-corrected chi connectivity index (χ0v) is 13.9. The maximum absolute atomic E-state index is 11.9. The topological polar surface area (TPSA) is 38.3 Å². The van der Waals surface area contributed by atoms with Crippen molar-refractivity contribution in [1.82, 2.24) is 5.32 Å². The summed E-state index contributed by atoms with van der Waals surface area (Å²) < 4.78 is 5.55. The molecule has 3 rings (SSSR count). The Hall–Kier alpha value is -1.94.